The molecule has 3 N–H and O–H groups in total. The Labute approximate surface area is 214 Å². The van der Waals surface area contributed by atoms with Gasteiger partial charge in [-0.15, -0.1) is 0 Å². The van der Waals surface area contributed by atoms with E-state index in [-0.39, 0.29) is 11.7 Å². The highest BCUT2D eigenvalue weighted by atomic mass is 19.1. The molecule has 10 heteroatoms. The smallest absolute Gasteiger partial charge is 0.227 e. The molecule has 1 amide bonds. The molecule has 0 aliphatic carbocycles. The van der Waals surface area contributed by atoms with Crippen LogP contribution in [0.3, 0.4) is 0 Å². The van der Waals surface area contributed by atoms with Crippen LogP contribution in [0, 0.1) is 5.82 Å². The molecular weight excluding hydrogens is 473 g/mol. The molecule has 1 saturated heterocycles. The number of nitrogens with one attached hydrogen (secondary N) is 3. The van der Waals surface area contributed by atoms with Gasteiger partial charge in [0.2, 0.25) is 11.9 Å². The summed E-state index contributed by atoms with van der Waals surface area (Å²) in [6.45, 7) is 3.31. The summed E-state index contributed by atoms with van der Waals surface area (Å²) in [6, 6.07) is 11.2. The molecule has 4 aromatic rings. The summed E-state index contributed by atoms with van der Waals surface area (Å²) >= 11 is 0. The minimum Gasteiger partial charge on any atom is -0.493 e. The van der Waals surface area contributed by atoms with E-state index in [4.69, 9.17) is 4.74 Å². The first-order valence-corrected chi connectivity index (χ1v) is 12.1. The van der Waals surface area contributed by atoms with E-state index < -0.39 is 0 Å². The van der Waals surface area contributed by atoms with Crippen LogP contribution in [0.1, 0.15) is 13.3 Å². The number of likely N-dealkylation sites (N-methyl/N-ethyl adjacent to an activating group) is 1. The molecule has 1 aliphatic heterocycles. The minimum atomic E-state index is -0.337. The molecule has 1 fully saturated rings. The van der Waals surface area contributed by atoms with Crippen LogP contribution in [-0.2, 0) is 4.79 Å². The third-order valence-electron chi connectivity index (χ3n) is 6.69. The van der Waals surface area contributed by atoms with Crippen LogP contribution in [0.25, 0.3) is 22.2 Å². The van der Waals surface area contributed by atoms with Crippen LogP contribution in [0.5, 0.6) is 5.75 Å². The van der Waals surface area contributed by atoms with Crippen LogP contribution >= 0.6 is 0 Å². The van der Waals surface area contributed by atoms with Gasteiger partial charge in [-0.1, -0.05) is 12.1 Å². The molecule has 1 aliphatic rings. The van der Waals surface area contributed by atoms with Crippen molar-refractivity contribution >= 4 is 39.8 Å². The first-order chi connectivity index (χ1) is 17.8. The number of carbonyl (C=O) groups excluding carboxylic acids is 1. The summed E-state index contributed by atoms with van der Waals surface area (Å²) in [5, 5.41) is 6.89. The molecular formula is C27H30FN7O2. The quantitative estimate of drug-likeness (QED) is 0.339. The Hall–Kier alpha value is -4.18. The maximum Gasteiger partial charge on any atom is 0.227 e. The van der Waals surface area contributed by atoms with Crippen LogP contribution in [-0.4, -0.2) is 66.1 Å². The molecule has 0 bridgehead atoms. The van der Waals surface area contributed by atoms with Crippen molar-refractivity contribution in [3.8, 4) is 17.0 Å². The normalized spacial score (nSPS) is 15.4. The van der Waals surface area contributed by atoms with Crippen LogP contribution in [0.4, 0.5) is 27.4 Å². The fourth-order valence-corrected chi connectivity index (χ4v) is 4.78. The summed E-state index contributed by atoms with van der Waals surface area (Å²) < 4.78 is 19.8. The lowest BCUT2D eigenvalue weighted by atomic mass is 10.1. The van der Waals surface area contributed by atoms with E-state index in [1.165, 1.54) is 13.0 Å². The van der Waals surface area contributed by atoms with Crippen molar-refractivity contribution < 1.29 is 13.9 Å². The summed E-state index contributed by atoms with van der Waals surface area (Å²) in [7, 11) is 5.72. The Bertz CT molecular complexity index is 1450. The predicted octanol–water partition coefficient (Wildman–Crippen LogP) is 4.61. The molecule has 5 rings (SSSR count). The van der Waals surface area contributed by atoms with Gasteiger partial charge in [-0.3, -0.25) is 4.79 Å². The number of hydrogen-bond donors (Lipinski definition) is 3. The Morgan fingerprint density at radius 2 is 2.11 bits per heavy atom. The van der Waals surface area contributed by atoms with Crippen molar-refractivity contribution in [1.82, 2.24) is 19.9 Å². The number of methoxy groups -OCH3 is 1. The first kappa shape index (κ1) is 24.5. The van der Waals surface area contributed by atoms with E-state index in [2.05, 4.69) is 49.5 Å². The van der Waals surface area contributed by atoms with Crippen LogP contribution < -0.4 is 20.3 Å². The zero-order chi connectivity index (χ0) is 26.1. The van der Waals surface area contributed by atoms with Gasteiger partial charge >= 0.3 is 0 Å². The lowest BCUT2D eigenvalue weighted by Crippen LogP contribution is -2.31. The maximum atomic E-state index is 14.3. The maximum absolute atomic E-state index is 14.3. The second kappa shape index (κ2) is 10.1. The fraction of sp³-hybridized carbons (Fsp3) is 0.296. The predicted molar refractivity (Wildman–Crippen MR) is 144 cm³/mol. The van der Waals surface area contributed by atoms with Gasteiger partial charge in [0.05, 0.1) is 30.2 Å². The van der Waals surface area contributed by atoms with Crippen molar-refractivity contribution in [3.63, 3.8) is 0 Å². The average molecular weight is 504 g/mol. The number of anilines is 4. The number of fused-ring (bicyclic) bond motifs is 1. The monoisotopic (exact) mass is 503 g/mol. The van der Waals surface area contributed by atoms with Crippen LogP contribution in [0.2, 0.25) is 0 Å². The number of benzene rings is 2. The summed E-state index contributed by atoms with van der Waals surface area (Å²) in [6.07, 6.45) is 4.35. The van der Waals surface area contributed by atoms with Gasteiger partial charge in [0, 0.05) is 48.9 Å². The summed E-state index contributed by atoms with van der Waals surface area (Å²) in [5.41, 5.74) is 4.05. The number of carbonyl (C=O) groups is 1. The standard InChI is InChI=1S/C27H30FN7O2/c1-16(36)31-22-12-17(8-9-23(22)35-11-10-18(15-35)34(2)3)32-27-30-14-24(37-4)26(33-27)20-13-29-25-19(20)6-5-7-21(25)28/h5-9,12-14,18,29H,10-11,15H2,1-4H3,(H,31,36)(H,30,32,33)/t18-/m0/s1. The number of nitrogens with zero attached hydrogens (tertiary/aromatic N) is 4. The minimum absolute atomic E-state index is 0.142. The van der Waals surface area contributed by atoms with Gasteiger partial charge < -0.3 is 30.2 Å². The zero-order valence-corrected chi connectivity index (χ0v) is 21.3. The molecule has 2 aromatic heterocycles. The van der Waals surface area contributed by atoms with E-state index in [9.17, 15) is 9.18 Å². The number of H-pyrrole nitrogens is 1. The number of aromatic amines is 1. The highest BCUT2D eigenvalue weighted by Gasteiger charge is 2.26. The molecule has 0 saturated carbocycles. The second-order valence-corrected chi connectivity index (χ2v) is 9.37. The topological polar surface area (TPSA) is 98.4 Å². The SMILES string of the molecule is COc1cnc(Nc2ccc(N3CC[C@H](N(C)C)C3)c(NC(C)=O)c2)nc1-c1c[nH]c2c(F)cccc12. The molecule has 9 nitrogen and oxygen atoms in total. The summed E-state index contributed by atoms with van der Waals surface area (Å²) in [4.78, 5) is 28.6. The van der Waals surface area contributed by atoms with Gasteiger partial charge in [0.25, 0.3) is 0 Å². The summed E-state index contributed by atoms with van der Waals surface area (Å²) in [5.74, 6) is 0.332. The number of halogens is 1. The van der Waals surface area contributed by atoms with E-state index in [1.54, 1.807) is 25.6 Å². The van der Waals surface area contributed by atoms with Crippen molar-refractivity contribution in [2.24, 2.45) is 0 Å². The number of aromatic nitrogens is 3. The third kappa shape index (κ3) is 4.92. The van der Waals surface area contributed by atoms with Gasteiger partial charge in [-0.25, -0.2) is 14.4 Å². The van der Waals surface area contributed by atoms with E-state index >= 15 is 0 Å². The van der Waals surface area contributed by atoms with E-state index in [0.29, 0.717) is 39.9 Å². The Morgan fingerprint density at radius 3 is 2.84 bits per heavy atom. The van der Waals surface area contributed by atoms with Crippen molar-refractivity contribution in [1.29, 1.82) is 0 Å². The van der Waals surface area contributed by atoms with Crippen molar-refractivity contribution in [2.45, 2.75) is 19.4 Å². The van der Waals surface area contributed by atoms with E-state index in [0.717, 1.165) is 36.6 Å². The van der Waals surface area contributed by atoms with Gasteiger partial charge in [-0.05, 0) is 44.8 Å². The molecule has 3 heterocycles. The Balaban J connectivity index is 1.47. The molecule has 192 valence electrons. The first-order valence-electron chi connectivity index (χ1n) is 12.1. The van der Waals surface area contributed by atoms with Gasteiger partial charge in [-0.2, -0.15) is 0 Å². The Morgan fingerprint density at radius 1 is 1.27 bits per heavy atom. The number of rotatable bonds is 7. The van der Waals surface area contributed by atoms with Crippen LogP contribution in [0.15, 0.2) is 48.8 Å². The lowest BCUT2D eigenvalue weighted by molar-refractivity contribution is -0.114. The Kier molecular flexibility index (Phi) is 6.66. The second-order valence-electron chi connectivity index (χ2n) is 9.37. The molecule has 0 unspecified atom stereocenters. The van der Waals surface area contributed by atoms with Gasteiger partial charge in [0.1, 0.15) is 11.5 Å². The lowest BCUT2D eigenvalue weighted by Gasteiger charge is -2.24. The number of ether oxygens (including phenoxy) is 1. The highest BCUT2D eigenvalue weighted by Crippen LogP contribution is 2.36. The van der Waals surface area contributed by atoms with E-state index in [1.807, 2.05) is 24.3 Å². The highest BCUT2D eigenvalue weighted by molar-refractivity contribution is 5.96. The number of para-hydroxylation sites is 1. The average Bonchev–Trinajstić information content (AvgIpc) is 3.52. The third-order valence-corrected chi connectivity index (χ3v) is 6.69. The number of hydrogen-bond acceptors (Lipinski definition) is 7. The zero-order valence-electron chi connectivity index (χ0n) is 21.3. The van der Waals surface area contributed by atoms with Crippen molar-refractivity contribution in [2.75, 3.05) is 49.8 Å². The molecule has 0 spiro atoms. The van der Waals surface area contributed by atoms with Crippen molar-refractivity contribution in [3.05, 3.63) is 54.6 Å². The number of amides is 1. The fourth-order valence-electron chi connectivity index (χ4n) is 4.78. The molecule has 37 heavy (non-hydrogen) atoms. The molecule has 2 aromatic carbocycles. The van der Waals surface area contributed by atoms with Gasteiger partial charge in [0.15, 0.2) is 5.75 Å². The largest absolute Gasteiger partial charge is 0.493 e. The molecule has 0 radical (unpaired) electrons. The molecule has 1 atom stereocenters.